The standard InChI is InChI=1S/C14H14.ClH/c1-3-7-13(8-4-1)11-12-14-9-5-2-6-10-14;/h1-10H,11-12H2;1H. The van der Waals surface area contributed by atoms with E-state index in [9.17, 15) is 0 Å². The zero-order valence-corrected chi connectivity index (χ0v) is 9.41. The summed E-state index contributed by atoms with van der Waals surface area (Å²) in [5.74, 6) is 0. The van der Waals surface area contributed by atoms with Gasteiger partial charge in [0.2, 0.25) is 0 Å². The maximum atomic E-state index is 2.18. The van der Waals surface area contributed by atoms with E-state index in [1.165, 1.54) is 11.1 Å². The molecule has 0 N–H and O–H groups in total. The third kappa shape index (κ3) is 3.77. The molecule has 2 rings (SSSR count). The lowest BCUT2D eigenvalue weighted by molar-refractivity contribution is 0.960. The Balaban J connectivity index is 0.00000112. The second-order valence-electron chi connectivity index (χ2n) is 3.47. The van der Waals surface area contributed by atoms with Crippen molar-refractivity contribution in [3.63, 3.8) is 0 Å². The SMILES string of the molecule is Cl.c1ccc(CCc2ccccc2)cc1. The quantitative estimate of drug-likeness (QED) is 0.733. The molecule has 0 aliphatic heterocycles. The minimum absolute atomic E-state index is 0. The van der Waals surface area contributed by atoms with Gasteiger partial charge in [-0.05, 0) is 24.0 Å². The molecule has 0 heterocycles. The van der Waals surface area contributed by atoms with Crippen LogP contribution in [0.2, 0.25) is 0 Å². The van der Waals surface area contributed by atoms with E-state index in [4.69, 9.17) is 0 Å². The van der Waals surface area contributed by atoms with Crippen molar-refractivity contribution in [1.82, 2.24) is 0 Å². The third-order valence-electron chi connectivity index (χ3n) is 2.39. The topological polar surface area (TPSA) is 0 Å². The minimum atomic E-state index is 0. The summed E-state index contributed by atoms with van der Waals surface area (Å²) in [5, 5.41) is 0. The molecule has 2 aromatic rings. The van der Waals surface area contributed by atoms with E-state index in [1.54, 1.807) is 0 Å². The summed E-state index contributed by atoms with van der Waals surface area (Å²) in [4.78, 5) is 0. The van der Waals surface area contributed by atoms with Crippen LogP contribution in [0.1, 0.15) is 11.1 Å². The molecule has 78 valence electrons. The predicted octanol–water partition coefficient (Wildman–Crippen LogP) is 3.89. The highest BCUT2D eigenvalue weighted by atomic mass is 35.5. The molecule has 0 saturated carbocycles. The molecule has 0 unspecified atom stereocenters. The first-order valence-electron chi connectivity index (χ1n) is 5.03. The van der Waals surface area contributed by atoms with Gasteiger partial charge in [-0.15, -0.1) is 12.4 Å². The average molecular weight is 219 g/mol. The maximum absolute atomic E-state index is 2.18. The Hall–Kier alpha value is -1.27. The van der Waals surface area contributed by atoms with Crippen LogP contribution in [0.3, 0.4) is 0 Å². The highest BCUT2D eigenvalue weighted by Crippen LogP contribution is 2.06. The molecule has 0 amide bonds. The van der Waals surface area contributed by atoms with E-state index < -0.39 is 0 Å². The van der Waals surface area contributed by atoms with Crippen LogP contribution in [0.15, 0.2) is 60.7 Å². The highest BCUT2D eigenvalue weighted by molar-refractivity contribution is 5.85. The smallest absolute Gasteiger partial charge is 0.0238 e. The van der Waals surface area contributed by atoms with Gasteiger partial charge >= 0.3 is 0 Å². The van der Waals surface area contributed by atoms with Gasteiger partial charge in [0, 0.05) is 0 Å². The Bertz CT molecular complexity index is 328. The first-order chi connectivity index (χ1) is 6.95. The van der Waals surface area contributed by atoms with Crippen LogP contribution in [0.4, 0.5) is 0 Å². The Kier molecular flexibility index (Phi) is 4.92. The molecule has 2 aromatic carbocycles. The van der Waals surface area contributed by atoms with Gasteiger partial charge in [0.25, 0.3) is 0 Å². The first kappa shape index (κ1) is 11.8. The fourth-order valence-electron chi connectivity index (χ4n) is 1.58. The average Bonchev–Trinajstić information content (AvgIpc) is 2.29. The number of hydrogen-bond acceptors (Lipinski definition) is 0. The molecular formula is C14H15Cl. The Morgan fingerprint density at radius 2 is 0.867 bits per heavy atom. The van der Waals surface area contributed by atoms with Crippen molar-refractivity contribution in [3.8, 4) is 0 Å². The molecule has 0 aliphatic rings. The Labute approximate surface area is 97.4 Å². The molecule has 0 fully saturated rings. The van der Waals surface area contributed by atoms with E-state index in [-0.39, 0.29) is 12.4 Å². The van der Waals surface area contributed by atoms with Gasteiger partial charge in [-0.3, -0.25) is 0 Å². The number of rotatable bonds is 3. The molecule has 0 saturated heterocycles. The molecule has 0 atom stereocenters. The zero-order chi connectivity index (χ0) is 9.64. The molecule has 0 aliphatic carbocycles. The van der Waals surface area contributed by atoms with Crippen LogP contribution in [-0.4, -0.2) is 0 Å². The third-order valence-corrected chi connectivity index (χ3v) is 2.39. The van der Waals surface area contributed by atoms with Crippen LogP contribution in [-0.2, 0) is 12.8 Å². The molecule has 1 heteroatoms. The maximum Gasteiger partial charge on any atom is -0.0238 e. The zero-order valence-electron chi connectivity index (χ0n) is 8.60. The molecule has 0 spiro atoms. The van der Waals surface area contributed by atoms with E-state index >= 15 is 0 Å². The number of benzene rings is 2. The monoisotopic (exact) mass is 218 g/mol. The van der Waals surface area contributed by atoms with E-state index in [0.717, 1.165) is 12.8 Å². The second kappa shape index (κ2) is 6.26. The molecular weight excluding hydrogens is 204 g/mol. The molecule has 0 nitrogen and oxygen atoms in total. The number of halogens is 1. The summed E-state index contributed by atoms with van der Waals surface area (Å²) in [7, 11) is 0. The van der Waals surface area contributed by atoms with Gasteiger partial charge in [0.1, 0.15) is 0 Å². The van der Waals surface area contributed by atoms with Gasteiger partial charge in [-0.25, -0.2) is 0 Å². The summed E-state index contributed by atoms with van der Waals surface area (Å²) in [6.45, 7) is 0. The summed E-state index contributed by atoms with van der Waals surface area (Å²) >= 11 is 0. The van der Waals surface area contributed by atoms with Crippen molar-refractivity contribution < 1.29 is 0 Å². The van der Waals surface area contributed by atoms with E-state index in [1.807, 2.05) is 0 Å². The second-order valence-corrected chi connectivity index (χ2v) is 3.47. The lowest BCUT2D eigenvalue weighted by Gasteiger charge is -2.01. The van der Waals surface area contributed by atoms with E-state index in [2.05, 4.69) is 60.7 Å². The molecule has 0 aromatic heterocycles. The highest BCUT2D eigenvalue weighted by Gasteiger charge is 1.93. The van der Waals surface area contributed by atoms with Gasteiger partial charge in [-0.2, -0.15) is 0 Å². The fraction of sp³-hybridized carbons (Fsp3) is 0.143. The van der Waals surface area contributed by atoms with Crippen molar-refractivity contribution in [1.29, 1.82) is 0 Å². The van der Waals surface area contributed by atoms with Gasteiger partial charge < -0.3 is 0 Å². The van der Waals surface area contributed by atoms with Crippen molar-refractivity contribution >= 4 is 12.4 Å². The lowest BCUT2D eigenvalue weighted by Crippen LogP contribution is -1.89. The van der Waals surface area contributed by atoms with Crippen LogP contribution in [0.25, 0.3) is 0 Å². The fourth-order valence-corrected chi connectivity index (χ4v) is 1.58. The van der Waals surface area contributed by atoms with Gasteiger partial charge in [-0.1, -0.05) is 60.7 Å². The van der Waals surface area contributed by atoms with Crippen LogP contribution in [0.5, 0.6) is 0 Å². The molecule has 0 bridgehead atoms. The van der Waals surface area contributed by atoms with Crippen LogP contribution >= 0.6 is 12.4 Å². The lowest BCUT2D eigenvalue weighted by atomic mass is 10.0. The summed E-state index contributed by atoms with van der Waals surface area (Å²) < 4.78 is 0. The normalized spacial score (nSPS) is 9.33. The van der Waals surface area contributed by atoms with Gasteiger partial charge in [0.05, 0.1) is 0 Å². The van der Waals surface area contributed by atoms with Crippen molar-refractivity contribution in [2.75, 3.05) is 0 Å². The Morgan fingerprint density at radius 3 is 1.20 bits per heavy atom. The van der Waals surface area contributed by atoms with Crippen LogP contribution < -0.4 is 0 Å². The summed E-state index contributed by atoms with van der Waals surface area (Å²) in [5.41, 5.74) is 2.83. The van der Waals surface area contributed by atoms with Crippen molar-refractivity contribution in [2.24, 2.45) is 0 Å². The van der Waals surface area contributed by atoms with Crippen LogP contribution in [0, 0.1) is 0 Å². The van der Waals surface area contributed by atoms with E-state index in [0.29, 0.717) is 0 Å². The number of hydrogen-bond donors (Lipinski definition) is 0. The Morgan fingerprint density at radius 1 is 0.533 bits per heavy atom. The van der Waals surface area contributed by atoms with Crippen molar-refractivity contribution in [3.05, 3.63) is 71.8 Å². The number of aryl methyl sites for hydroxylation is 2. The predicted molar refractivity (Wildman–Crippen MR) is 67.5 cm³/mol. The molecule has 15 heavy (non-hydrogen) atoms. The minimum Gasteiger partial charge on any atom is -0.147 e. The summed E-state index contributed by atoms with van der Waals surface area (Å²) in [6, 6.07) is 21.2. The molecule has 0 radical (unpaired) electrons. The van der Waals surface area contributed by atoms with Gasteiger partial charge in [0.15, 0.2) is 0 Å². The summed E-state index contributed by atoms with van der Waals surface area (Å²) in [6.07, 6.45) is 2.26. The first-order valence-corrected chi connectivity index (χ1v) is 5.03. The largest absolute Gasteiger partial charge is 0.147 e. The van der Waals surface area contributed by atoms with Crippen molar-refractivity contribution in [2.45, 2.75) is 12.8 Å².